The lowest BCUT2D eigenvalue weighted by Crippen LogP contribution is -2.20. The van der Waals surface area contributed by atoms with Gasteiger partial charge in [-0.05, 0) is 17.7 Å². The van der Waals surface area contributed by atoms with Crippen LogP contribution in [0.5, 0.6) is 5.88 Å². The van der Waals surface area contributed by atoms with Crippen molar-refractivity contribution in [1.82, 2.24) is 4.98 Å². The highest BCUT2D eigenvalue weighted by molar-refractivity contribution is 6.32. The molecule has 156 valence electrons. The van der Waals surface area contributed by atoms with Crippen molar-refractivity contribution in [3.8, 4) is 17.0 Å². The highest BCUT2D eigenvalue weighted by Gasteiger charge is 2.29. The SMILES string of the molecule is O=C(Nc1c(F)cc(F)cc1-c1ccccc1)c1cnc(OCC(F)(F)F)c(Cl)c1. The average molecular weight is 443 g/mol. The van der Waals surface area contributed by atoms with E-state index in [0.717, 1.165) is 18.3 Å². The van der Waals surface area contributed by atoms with Crippen LogP contribution in [0.1, 0.15) is 10.4 Å². The van der Waals surface area contributed by atoms with Crippen molar-refractivity contribution in [2.24, 2.45) is 0 Å². The summed E-state index contributed by atoms with van der Waals surface area (Å²) in [7, 11) is 0. The molecule has 1 amide bonds. The van der Waals surface area contributed by atoms with E-state index in [1.165, 1.54) is 0 Å². The minimum atomic E-state index is -4.59. The second-order valence-corrected chi connectivity index (χ2v) is 6.45. The minimum absolute atomic E-state index is 0.102. The normalized spacial score (nSPS) is 11.3. The molecule has 2 aromatic carbocycles. The second-order valence-electron chi connectivity index (χ2n) is 6.05. The van der Waals surface area contributed by atoms with Crippen LogP contribution in [0.25, 0.3) is 11.1 Å². The number of aromatic nitrogens is 1. The van der Waals surface area contributed by atoms with Crippen LogP contribution in [0.3, 0.4) is 0 Å². The number of amides is 1. The van der Waals surface area contributed by atoms with E-state index in [-0.39, 0.29) is 21.8 Å². The number of pyridine rings is 1. The molecule has 4 nitrogen and oxygen atoms in total. The maximum Gasteiger partial charge on any atom is 0.422 e. The highest BCUT2D eigenvalue weighted by Crippen LogP contribution is 2.32. The fourth-order valence-electron chi connectivity index (χ4n) is 2.54. The molecule has 10 heteroatoms. The molecule has 0 spiro atoms. The topological polar surface area (TPSA) is 51.2 Å². The van der Waals surface area contributed by atoms with Gasteiger partial charge in [0, 0.05) is 17.8 Å². The highest BCUT2D eigenvalue weighted by atomic mass is 35.5. The molecule has 1 N–H and O–H groups in total. The monoisotopic (exact) mass is 442 g/mol. The van der Waals surface area contributed by atoms with Crippen molar-refractivity contribution in [2.75, 3.05) is 11.9 Å². The van der Waals surface area contributed by atoms with Crippen molar-refractivity contribution in [3.05, 3.63) is 76.9 Å². The zero-order valence-electron chi connectivity index (χ0n) is 14.9. The van der Waals surface area contributed by atoms with Crippen molar-refractivity contribution in [3.63, 3.8) is 0 Å². The molecule has 0 saturated carbocycles. The number of rotatable bonds is 5. The number of hydrogen-bond acceptors (Lipinski definition) is 3. The molecule has 0 aliphatic heterocycles. The van der Waals surface area contributed by atoms with E-state index >= 15 is 0 Å². The summed E-state index contributed by atoms with van der Waals surface area (Å²) in [5, 5.41) is 1.99. The smallest absolute Gasteiger partial charge is 0.422 e. The summed E-state index contributed by atoms with van der Waals surface area (Å²) in [4.78, 5) is 16.1. The summed E-state index contributed by atoms with van der Waals surface area (Å²) in [5.41, 5.74) is 0.118. The largest absolute Gasteiger partial charge is 0.467 e. The van der Waals surface area contributed by atoms with E-state index in [1.807, 2.05) is 0 Å². The Hall–Kier alpha value is -3.20. The number of nitrogens with one attached hydrogen (secondary N) is 1. The molecule has 0 fully saturated rings. The van der Waals surface area contributed by atoms with E-state index < -0.39 is 36.2 Å². The van der Waals surface area contributed by atoms with Gasteiger partial charge in [-0.15, -0.1) is 0 Å². The van der Waals surface area contributed by atoms with Gasteiger partial charge in [-0.2, -0.15) is 13.2 Å². The number of benzene rings is 2. The van der Waals surface area contributed by atoms with Gasteiger partial charge in [-0.25, -0.2) is 13.8 Å². The number of alkyl halides is 3. The summed E-state index contributed by atoms with van der Waals surface area (Å²) in [6.45, 7) is -1.60. The molecule has 3 rings (SSSR count). The Bertz CT molecular complexity index is 1070. The summed E-state index contributed by atoms with van der Waals surface area (Å²) in [6, 6.07) is 11.0. The van der Waals surface area contributed by atoms with Gasteiger partial charge in [0.2, 0.25) is 5.88 Å². The number of hydrogen-bond donors (Lipinski definition) is 1. The number of anilines is 1. The van der Waals surface area contributed by atoms with Crippen LogP contribution < -0.4 is 10.1 Å². The number of carbonyl (C=O) groups is 1. The first kappa shape index (κ1) is 21.5. The molecular formula is C20H12ClF5N2O2. The molecular weight excluding hydrogens is 431 g/mol. The summed E-state index contributed by atoms with van der Waals surface area (Å²) in [6.07, 6.45) is -3.66. The van der Waals surface area contributed by atoms with Gasteiger partial charge in [0.25, 0.3) is 5.91 Å². The van der Waals surface area contributed by atoms with Gasteiger partial charge >= 0.3 is 6.18 Å². The van der Waals surface area contributed by atoms with Crippen molar-refractivity contribution >= 4 is 23.2 Å². The average Bonchev–Trinajstić information content (AvgIpc) is 2.68. The van der Waals surface area contributed by atoms with Crippen LogP contribution in [0.2, 0.25) is 5.02 Å². The van der Waals surface area contributed by atoms with Crippen LogP contribution >= 0.6 is 11.6 Å². The Labute approximate surface area is 172 Å². The first-order chi connectivity index (χ1) is 14.1. The zero-order valence-corrected chi connectivity index (χ0v) is 15.7. The molecule has 0 atom stereocenters. The van der Waals surface area contributed by atoms with Gasteiger partial charge in [0.15, 0.2) is 6.61 Å². The van der Waals surface area contributed by atoms with E-state index in [0.29, 0.717) is 11.6 Å². The third-order valence-electron chi connectivity index (χ3n) is 3.82. The maximum absolute atomic E-state index is 14.4. The number of ether oxygens (including phenoxy) is 1. The molecule has 30 heavy (non-hydrogen) atoms. The van der Waals surface area contributed by atoms with Crippen LogP contribution in [0.15, 0.2) is 54.7 Å². The fourth-order valence-corrected chi connectivity index (χ4v) is 2.76. The molecule has 1 heterocycles. The molecule has 0 aliphatic carbocycles. The number of nitrogens with zero attached hydrogens (tertiary/aromatic N) is 1. The lowest BCUT2D eigenvalue weighted by atomic mass is 10.0. The van der Waals surface area contributed by atoms with Crippen molar-refractivity contribution in [2.45, 2.75) is 6.18 Å². The van der Waals surface area contributed by atoms with Crippen molar-refractivity contribution in [1.29, 1.82) is 0 Å². The fraction of sp³-hybridized carbons (Fsp3) is 0.100. The Morgan fingerprint density at radius 2 is 1.80 bits per heavy atom. The standard InChI is InChI=1S/C20H12ClF5N2O2/c21-15-6-12(9-27-19(15)30-10-20(24,25)26)18(29)28-17-14(7-13(22)8-16(17)23)11-4-2-1-3-5-11/h1-9H,10H2,(H,28,29). The Kier molecular flexibility index (Phi) is 6.21. The van der Waals surface area contributed by atoms with Gasteiger partial charge in [0.1, 0.15) is 16.7 Å². The third kappa shape index (κ3) is 5.24. The van der Waals surface area contributed by atoms with Gasteiger partial charge < -0.3 is 10.1 Å². The van der Waals surface area contributed by atoms with Crippen LogP contribution in [-0.2, 0) is 0 Å². The predicted molar refractivity (Wildman–Crippen MR) is 101 cm³/mol. The first-order valence-electron chi connectivity index (χ1n) is 8.35. The van der Waals surface area contributed by atoms with Gasteiger partial charge in [-0.3, -0.25) is 4.79 Å². The number of carbonyl (C=O) groups excluding carboxylic acids is 1. The third-order valence-corrected chi connectivity index (χ3v) is 4.09. The Balaban J connectivity index is 1.87. The molecule has 0 radical (unpaired) electrons. The number of halogens is 6. The van der Waals surface area contributed by atoms with E-state index in [9.17, 15) is 26.7 Å². The lowest BCUT2D eigenvalue weighted by molar-refractivity contribution is -0.154. The second kappa shape index (κ2) is 8.66. The van der Waals surface area contributed by atoms with Gasteiger partial charge in [-0.1, -0.05) is 41.9 Å². The molecule has 1 aromatic heterocycles. The summed E-state index contributed by atoms with van der Waals surface area (Å²) < 4.78 is 69.3. The summed E-state index contributed by atoms with van der Waals surface area (Å²) >= 11 is 5.83. The van der Waals surface area contributed by atoms with Crippen LogP contribution in [0.4, 0.5) is 27.6 Å². The minimum Gasteiger partial charge on any atom is -0.467 e. The molecule has 0 saturated heterocycles. The zero-order chi connectivity index (χ0) is 21.9. The predicted octanol–water partition coefficient (Wildman–Crippen LogP) is 5.87. The lowest BCUT2D eigenvalue weighted by Gasteiger charge is -2.14. The first-order valence-corrected chi connectivity index (χ1v) is 8.73. The maximum atomic E-state index is 14.4. The van der Waals surface area contributed by atoms with Crippen molar-refractivity contribution < 1.29 is 31.5 Å². The molecule has 0 unspecified atom stereocenters. The molecule has 0 bridgehead atoms. The van der Waals surface area contributed by atoms with E-state index in [1.54, 1.807) is 30.3 Å². The van der Waals surface area contributed by atoms with Gasteiger partial charge in [0.05, 0.1) is 11.3 Å². The van der Waals surface area contributed by atoms with E-state index in [4.69, 9.17) is 11.6 Å². The quantitative estimate of drug-likeness (QED) is 0.502. The Morgan fingerprint density at radius 3 is 2.43 bits per heavy atom. The summed E-state index contributed by atoms with van der Waals surface area (Å²) in [5.74, 6) is -3.20. The van der Waals surface area contributed by atoms with E-state index in [2.05, 4.69) is 15.0 Å². The molecule has 3 aromatic rings. The molecule has 0 aliphatic rings. The van der Waals surface area contributed by atoms with Crippen LogP contribution in [-0.4, -0.2) is 23.7 Å². The Morgan fingerprint density at radius 1 is 1.10 bits per heavy atom. The van der Waals surface area contributed by atoms with Crippen LogP contribution in [0, 0.1) is 11.6 Å².